The van der Waals surface area contributed by atoms with Gasteiger partial charge in [0.05, 0.1) is 6.04 Å². The van der Waals surface area contributed by atoms with Crippen LogP contribution in [0.3, 0.4) is 0 Å². The van der Waals surface area contributed by atoms with Gasteiger partial charge >= 0.3 is 0 Å². The molecule has 1 fully saturated rings. The van der Waals surface area contributed by atoms with Gasteiger partial charge in [0.15, 0.2) is 6.29 Å². The highest BCUT2D eigenvalue weighted by molar-refractivity contribution is 4.78. The van der Waals surface area contributed by atoms with Gasteiger partial charge in [0, 0.05) is 0 Å². The molecule has 1 aliphatic rings. The van der Waals surface area contributed by atoms with Crippen LogP contribution in [-0.4, -0.2) is 22.5 Å². The summed E-state index contributed by atoms with van der Waals surface area (Å²) in [5.41, 5.74) is 5.64. The number of rotatable bonds is 3. The van der Waals surface area contributed by atoms with Crippen molar-refractivity contribution in [1.29, 1.82) is 0 Å². The van der Waals surface area contributed by atoms with Crippen LogP contribution in [-0.2, 0) is 0 Å². The standard InChI is InChI=1S/C11H23NO2/c1-7-3-8(2)5-9(4-7)6-10(12)11(13)14/h7-11,13-14H,3-6,12H2,1-2H3/t7?,8?,9?,10-/m0/s1. The minimum atomic E-state index is -1.36. The lowest BCUT2D eigenvalue weighted by atomic mass is 9.74. The number of hydrogen-bond acceptors (Lipinski definition) is 3. The zero-order chi connectivity index (χ0) is 10.7. The molecule has 0 radical (unpaired) electrons. The van der Waals surface area contributed by atoms with Crippen LogP contribution in [0.15, 0.2) is 0 Å². The second-order valence-electron chi connectivity index (χ2n) is 5.10. The Balaban J connectivity index is 2.36. The Morgan fingerprint density at radius 2 is 1.64 bits per heavy atom. The molecule has 1 saturated carbocycles. The first-order valence-electron chi connectivity index (χ1n) is 5.60. The molecular weight excluding hydrogens is 178 g/mol. The number of nitrogens with two attached hydrogens (primary N) is 1. The molecule has 2 unspecified atom stereocenters. The van der Waals surface area contributed by atoms with E-state index in [2.05, 4.69) is 13.8 Å². The molecule has 0 spiro atoms. The van der Waals surface area contributed by atoms with E-state index in [-0.39, 0.29) is 0 Å². The molecule has 1 aliphatic carbocycles. The maximum atomic E-state index is 8.91. The molecule has 0 aromatic carbocycles. The van der Waals surface area contributed by atoms with Crippen molar-refractivity contribution in [2.45, 2.75) is 51.9 Å². The van der Waals surface area contributed by atoms with Crippen LogP contribution in [0, 0.1) is 17.8 Å². The Hall–Kier alpha value is -0.120. The van der Waals surface area contributed by atoms with E-state index >= 15 is 0 Å². The number of aliphatic hydroxyl groups is 2. The molecule has 0 heterocycles. The maximum Gasteiger partial charge on any atom is 0.166 e. The SMILES string of the molecule is CC1CC(C)CC(C[C@H](N)C(O)O)C1. The molecule has 0 amide bonds. The van der Waals surface area contributed by atoms with Gasteiger partial charge in [0.2, 0.25) is 0 Å². The van der Waals surface area contributed by atoms with Crippen molar-refractivity contribution >= 4 is 0 Å². The summed E-state index contributed by atoms with van der Waals surface area (Å²) in [5.74, 6) is 2.09. The highest BCUT2D eigenvalue weighted by atomic mass is 16.5. The van der Waals surface area contributed by atoms with Gasteiger partial charge in [-0.1, -0.05) is 13.8 Å². The van der Waals surface area contributed by atoms with Crippen LogP contribution >= 0.6 is 0 Å². The summed E-state index contributed by atoms with van der Waals surface area (Å²) in [6.45, 7) is 4.53. The first-order valence-corrected chi connectivity index (χ1v) is 5.60. The van der Waals surface area contributed by atoms with Crippen molar-refractivity contribution in [3.63, 3.8) is 0 Å². The molecule has 14 heavy (non-hydrogen) atoms. The van der Waals surface area contributed by atoms with Gasteiger partial charge in [0.1, 0.15) is 0 Å². The lowest BCUT2D eigenvalue weighted by Crippen LogP contribution is -2.37. The molecular formula is C11H23NO2. The van der Waals surface area contributed by atoms with Crippen LogP contribution in [0.4, 0.5) is 0 Å². The summed E-state index contributed by atoms with van der Waals surface area (Å²) < 4.78 is 0. The molecule has 1 rings (SSSR count). The monoisotopic (exact) mass is 201 g/mol. The van der Waals surface area contributed by atoms with E-state index in [0.717, 1.165) is 18.3 Å². The molecule has 3 heteroatoms. The summed E-state index contributed by atoms with van der Waals surface area (Å²) in [6, 6.07) is -0.475. The van der Waals surface area contributed by atoms with Gasteiger partial charge in [-0.25, -0.2) is 0 Å². The fraction of sp³-hybridized carbons (Fsp3) is 1.00. The third-order valence-electron chi connectivity index (χ3n) is 3.26. The van der Waals surface area contributed by atoms with Crippen LogP contribution in [0.1, 0.15) is 39.5 Å². The van der Waals surface area contributed by atoms with Crippen molar-refractivity contribution < 1.29 is 10.2 Å². The molecule has 3 atom stereocenters. The zero-order valence-electron chi connectivity index (χ0n) is 9.19. The summed E-state index contributed by atoms with van der Waals surface area (Å²) in [6.07, 6.45) is 3.05. The smallest absolute Gasteiger partial charge is 0.166 e. The predicted molar refractivity (Wildman–Crippen MR) is 56.5 cm³/mol. The van der Waals surface area contributed by atoms with E-state index in [1.807, 2.05) is 0 Å². The Morgan fingerprint density at radius 3 is 2.07 bits per heavy atom. The highest BCUT2D eigenvalue weighted by Crippen LogP contribution is 2.35. The Morgan fingerprint density at radius 1 is 1.14 bits per heavy atom. The lowest BCUT2D eigenvalue weighted by molar-refractivity contribution is -0.0644. The zero-order valence-corrected chi connectivity index (χ0v) is 9.19. The summed E-state index contributed by atoms with van der Waals surface area (Å²) in [4.78, 5) is 0. The molecule has 4 N–H and O–H groups in total. The van der Waals surface area contributed by atoms with E-state index in [0.29, 0.717) is 5.92 Å². The van der Waals surface area contributed by atoms with Crippen molar-refractivity contribution in [2.24, 2.45) is 23.5 Å². The lowest BCUT2D eigenvalue weighted by Gasteiger charge is -2.33. The first kappa shape index (κ1) is 12.0. The van der Waals surface area contributed by atoms with E-state index in [1.165, 1.54) is 19.3 Å². The van der Waals surface area contributed by atoms with E-state index < -0.39 is 12.3 Å². The predicted octanol–water partition coefficient (Wildman–Crippen LogP) is 1.09. The average Bonchev–Trinajstić information content (AvgIpc) is 2.01. The van der Waals surface area contributed by atoms with Gasteiger partial charge < -0.3 is 15.9 Å². The molecule has 3 nitrogen and oxygen atoms in total. The van der Waals surface area contributed by atoms with Crippen LogP contribution < -0.4 is 5.73 Å². The Kier molecular flexibility index (Phi) is 4.35. The van der Waals surface area contributed by atoms with E-state index in [1.54, 1.807) is 0 Å². The van der Waals surface area contributed by atoms with Gasteiger partial charge in [-0.15, -0.1) is 0 Å². The topological polar surface area (TPSA) is 66.5 Å². The minimum Gasteiger partial charge on any atom is -0.367 e. The largest absolute Gasteiger partial charge is 0.367 e. The third kappa shape index (κ3) is 3.56. The normalized spacial score (nSPS) is 36.0. The molecule has 84 valence electrons. The highest BCUT2D eigenvalue weighted by Gasteiger charge is 2.26. The first-order chi connectivity index (χ1) is 6.49. The quantitative estimate of drug-likeness (QED) is 0.599. The van der Waals surface area contributed by atoms with Gasteiger partial charge in [-0.2, -0.15) is 0 Å². The summed E-state index contributed by atoms with van der Waals surface area (Å²) in [5, 5.41) is 17.8. The Labute approximate surface area is 86.3 Å². The van der Waals surface area contributed by atoms with Gasteiger partial charge in [0.25, 0.3) is 0 Å². The number of hydrogen-bond donors (Lipinski definition) is 3. The van der Waals surface area contributed by atoms with Crippen molar-refractivity contribution in [3.05, 3.63) is 0 Å². The number of aliphatic hydroxyl groups excluding tert-OH is 1. The van der Waals surface area contributed by atoms with Crippen LogP contribution in [0.25, 0.3) is 0 Å². The maximum absolute atomic E-state index is 8.91. The fourth-order valence-electron chi connectivity index (χ4n) is 2.81. The summed E-state index contributed by atoms with van der Waals surface area (Å²) >= 11 is 0. The van der Waals surface area contributed by atoms with E-state index in [4.69, 9.17) is 15.9 Å². The fourth-order valence-corrected chi connectivity index (χ4v) is 2.81. The average molecular weight is 201 g/mol. The van der Waals surface area contributed by atoms with Crippen molar-refractivity contribution in [3.8, 4) is 0 Å². The van der Waals surface area contributed by atoms with Crippen molar-refractivity contribution in [2.75, 3.05) is 0 Å². The Bertz CT molecular complexity index is 163. The summed E-state index contributed by atoms with van der Waals surface area (Å²) in [7, 11) is 0. The third-order valence-corrected chi connectivity index (χ3v) is 3.26. The van der Waals surface area contributed by atoms with Gasteiger partial charge in [-0.3, -0.25) is 0 Å². The molecule has 0 aromatic heterocycles. The molecule has 0 aromatic rings. The minimum absolute atomic E-state index is 0.475. The van der Waals surface area contributed by atoms with E-state index in [9.17, 15) is 0 Å². The van der Waals surface area contributed by atoms with Crippen LogP contribution in [0.5, 0.6) is 0 Å². The molecule has 0 saturated heterocycles. The molecule has 0 bridgehead atoms. The second kappa shape index (κ2) is 5.10. The van der Waals surface area contributed by atoms with Gasteiger partial charge in [-0.05, 0) is 43.4 Å². The van der Waals surface area contributed by atoms with Crippen LogP contribution in [0.2, 0.25) is 0 Å². The van der Waals surface area contributed by atoms with Crippen molar-refractivity contribution in [1.82, 2.24) is 0 Å². The second-order valence-corrected chi connectivity index (χ2v) is 5.10. The molecule has 0 aliphatic heterocycles.